The monoisotopic (exact) mass is 422 g/mol. The normalized spacial score (nSPS) is 15.5. The van der Waals surface area contributed by atoms with Crippen molar-refractivity contribution in [1.29, 1.82) is 0 Å². The van der Waals surface area contributed by atoms with Gasteiger partial charge in [0.05, 0.1) is 18.4 Å². The highest BCUT2D eigenvalue weighted by Gasteiger charge is 2.22. The van der Waals surface area contributed by atoms with E-state index in [4.69, 9.17) is 4.99 Å². The van der Waals surface area contributed by atoms with E-state index < -0.39 is 0 Å². The fourth-order valence-electron chi connectivity index (χ4n) is 3.42. The Hall–Kier alpha value is -3.42. The minimum Gasteiger partial charge on any atom is -0.378 e. The second-order valence-corrected chi connectivity index (χ2v) is 7.66. The van der Waals surface area contributed by atoms with E-state index >= 15 is 0 Å². The Morgan fingerprint density at radius 2 is 1.68 bits per heavy atom. The summed E-state index contributed by atoms with van der Waals surface area (Å²) in [5.74, 6) is 0.0645. The second kappa shape index (κ2) is 10.1. The van der Waals surface area contributed by atoms with Crippen molar-refractivity contribution in [3.8, 4) is 0 Å². The molecular weight excluding hydrogens is 392 g/mol. The predicted octanol–water partition coefficient (Wildman–Crippen LogP) is 1.30. The molecule has 0 saturated carbocycles. The maximum Gasteiger partial charge on any atom is 0.241 e. The first-order chi connectivity index (χ1) is 14.9. The Balaban J connectivity index is 1.80. The summed E-state index contributed by atoms with van der Waals surface area (Å²) in [6.07, 6.45) is 3.52. The maximum absolute atomic E-state index is 12.7. The van der Waals surface area contributed by atoms with Gasteiger partial charge in [0.25, 0.3) is 0 Å². The third-order valence-electron chi connectivity index (χ3n) is 5.54. The maximum atomic E-state index is 12.7. The van der Waals surface area contributed by atoms with Crippen molar-refractivity contribution >= 4 is 17.5 Å². The first-order valence-electron chi connectivity index (χ1n) is 10.4. The third-order valence-corrected chi connectivity index (χ3v) is 5.54. The minimum absolute atomic E-state index is 0.0118. The smallest absolute Gasteiger partial charge is 0.241 e. The van der Waals surface area contributed by atoms with Gasteiger partial charge in [0.2, 0.25) is 11.8 Å². The number of benzene rings is 1. The number of aromatic nitrogens is 2. The highest BCUT2D eigenvalue weighted by Crippen LogP contribution is 2.18. The van der Waals surface area contributed by atoms with E-state index in [9.17, 15) is 9.59 Å². The minimum atomic E-state index is 0.0118. The van der Waals surface area contributed by atoms with Crippen LogP contribution in [0.5, 0.6) is 0 Å². The van der Waals surface area contributed by atoms with Gasteiger partial charge in [0.1, 0.15) is 0 Å². The molecule has 1 N–H and O–H groups in total. The molecule has 31 heavy (non-hydrogen) atoms. The van der Waals surface area contributed by atoms with Crippen molar-refractivity contribution in [2.75, 3.05) is 32.7 Å². The highest BCUT2D eigenvalue weighted by atomic mass is 16.2. The summed E-state index contributed by atoms with van der Waals surface area (Å²) in [4.78, 5) is 36.9. The molecule has 1 aromatic heterocycles. The summed E-state index contributed by atoms with van der Waals surface area (Å²) < 4.78 is 1.98. The number of carbonyl (C=O) groups excluding carboxylic acids is 2. The van der Waals surface area contributed by atoms with E-state index in [0.717, 1.165) is 28.1 Å². The average Bonchev–Trinajstić information content (AvgIpc) is 2.78. The lowest BCUT2D eigenvalue weighted by atomic mass is 10.1. The van der Waals surface area contributed by atoms with Crippen molar-refractivity contribution < 1.29 is 9.59 Å². The molecule has 0 aliphatic carbocycles. The first-order valence-corrected chi connectivity index (χ1v) is 10.4. The van der Waals surface area contributed by atoms with E-state index in [1.54, 1.807) is 29.1 Å². The molecule has 2 amide bonds. The standard InChI is InChI=1S/C23H30N6O2/c1-17-14-24-15-21(27(17)4)26-23(20-8-6-5-7-9-20)18(2)25-16-22(31)29-12-10-28(11-13-29)19(3)30/h5-9,14-15,25H,10-13,16H2,1-4H3/b23-18+,26-21?. The van der Waals surface area contributed by atoms with Crippen LogP contribution in [0.4, 0.5) is 0 Å². The Morgan fingerprint density at radius 1 is 1.03 bits per heavy atom. The Morgan fingerprint density at radius 3 is 2.32 bits per heavy atom. The van der Waals surface area contributed by atoms with Gasteiger partial charge in [-0.2, -0.15) is 0 Å². The molecular formula is C23H30N6O2. The lowest BCUT2D eigenvalue weighted by Crippen LogP contribution is -2.51. The third kappa shape index (κ3) is 5.59. The summed E-state index contributed by atoms with van der Waals surface area (Å²) in [7, 11) is 1.95. The summed E-state index contributed by atoms with van der Waals surface area (Å²) >= 11 is 0. The van der Waals surface area contributed by atoms with Crippen LogP contribution < -0.4 is 10.8 Å². The van der Waals surface area contributed by atoms with E-state index in [0.29, 0.717) is 26.2 Å². The molecule has 0 atom stereocenters. The summed E-state index contributed by atoms with van der Waals surface area (Å²) in [5.41, 5.74) is 4.25. The predicted molar refractivity (Wildman–Crippen MR) is 119 cm³/mol. The molecule has 0 unspecified atom stereocenters. The van der Waals surface area contributed by atoms with Crippen LogP contribution in [0.15, 0.2) is 53.4 Å². The highest BCUT2D eigenvalue weighted by molar-refractivity contribution is 5.80. The zero-order valence-electron chi connectivity index (χ0n) is 18.6. The van der Waals surface area contributed by atoms with Gasteiger partial charge < -0.3 is 19.7 Å². The van der Waals surface area contributed by atoms with Crippen LogP contribution in [0.25, 0.3) is 5.70 Å². The van der Waals surface area contributed by atoms with Crippen LogP contribution in [0.2, 0.25) is 0 Å². The number of nitrogens with one attached hydrogen (secondary N) is 1. The lowest BCUT2D eigenvalue weighted by molar-refractivity contribution is -0.137. The largest absolute Gasteiger partial charge is 0.378 e. The van der Waals surface area contributed by atoms with E-state index in [1.165, 1.54) is 0 Å². The van der Waals surface area contributed by atoms with Gasteiger partial charge in [-0.15, -0.1) is 0 Å². The molecule has 1 fully saturated rings. The van der Waals surface area contributed by atoms with Crippen LogP contribution in [0, 0.1) is 6.92 Å². The van der Waals surface area contributed by atoms with Gasteiger partial charge in [-0.3, -0.25) is 14.6 Å². The molecule has 3 rings (SSSR count). The van der Waals surface area contributed by atoms with Gasteiger partial charge in [-0.05, 0) is 13.8 Å². The molecule has 164 valence electrons. The van der Waals surface area contributed by atoms with E-state index in [1.807, 2.05) is 55.8 Å². The SMILES string of the molecule is CC(=O)N1CCN(C(=O)CN/C(C)=C(/N=c2cncc(C)n2C)c2ccccc2)CC1. The van der Waals surface area contributed by atoms with Crippen molar-refractivity contribution in [3.05, 3.63) is 65.2 Å². The first kappa shape index (κ1) is 22.3. The number of hydrogen-bond donors (Lipinski definition) is 1. The van der Waals surface area contributed by atoms with Crippen molar-refractivity contribution in [2.24, 2.45) is 12.0 Å². The summed E-state index contributed by atoms with van der Waals surface area (Å²) in [6.45, 7) is 7.92. The van der Waals surface area contributed by atoms with Crippen molar-refractivity contribution in [1.82, 2.24) is 24.7 Å². The zero-order chi connectivity index (χ0) is 22.4. The van der Waals surface area contributed by atoms with Crippen LogP contribution in [-0.2, 0) is 16.6 Å². The van der Waals surface area contributed by atoms with Crippen LogP contribution in [0.1, 0.15) is 25.1 Å². The number of hydrogen-bond acceptors (Lipinski definition) is 5. The fourth-order valence-corrected chi connectivity index (χ4v) is 3.42. The van der Waals surface area contributed by atoms with E-state index in [2.05, 4.69) is 10.3 Å². The quantitative estimate of drug-likeness (QED) is 0.787. The van der Waals surface area contributed by atoms with Gasteiger partial charge in [-0.25, -0.2) is 4.99 Å². The zero-order valence-corrected chi connectivity index (χ0v) is 18.6. The lowest BCUT2D eigenvalue weighted by Gasteiger charge is -2.34. The number of allylic oxidation sites excluding steroid dienone is 1. The fraction of sp³-hybridized carbons (Fsp3) is 0.391. The Kier molecular flexibility index (Phi) is 7.23. The molecule has 1 saturated heterocycles. The molecule has 1 aliphatic rings. The van der Waals surface area contributed by atoms with Crippen LogP contribution >= 0.6 is 0 Å². The number of piperazine rings is 1. The van der Waals surface area contributed by atoms with Crippen molar-refractivity contribution in [2.45, 2.75) is 20.8 Å². The molecule has 1 aliphatic heterocycles. The van der Waals surface area contributed by atoms with Gasteiger partial charge in [0, 0.05) is 63.3 Å². The van der Waals surface area contributed by atoms with Gasteiger partial charge in [-0.1, -0.05) is 30.3 Å². The van der Waals surface area contributed by atoms with E-state index in [-0.39, 0.29) is 18.4 Å². The summed E-state index contributed by atoms with van der Waals surface area (Å²) in [6, 6.07) is 9.88. The number of amides is 2. The molecule has 0 radical (unpaired) electrons. The molecule has 1 aromatic carbocycles. The van der Waals surface area contributed by atoms with Crippen molar-refractivity contribution in [3.63, 3.8) is 0 Å². The Bertz CT molecular complexity index is 1030. The molecule has 2 heterocycles. The number of nitrogens with zero attached hydrogens (tertiary/aromatic N) is 5. The Labute approximate surface area is 182 Å². The number of aryl methyl sites for hydroxylation is 1. The van der Waals surface area contributed by atoms with Crippen LogP contribution in [0.3, 0.4) is 0 Å². The van der Waals surface area contributed by atoms with Crippen LogP contribution in [-0.4, -0.2) is 63.9 Å². The van der Waals surface area contributed by atoms with Gasteiger partial charge in [0.15, 0.2) is 5.49 Å². The van der Waals surface area contributed by atoms with Gasteiger partial charge >= 0.3 is 0 Å². The summed E-state index contributed by atoms with van der Waals surface area (Å²) in [5, 5.41) is 3.25. The molecule has 0 bridgehead atoms. The topological polar surface area (TPSA) is 82.8 Å². The number of carbonyl (C=O) groups is 2. The average molecular weight is 423 g/mol. The second-order valence-electron chi connectivity index (χ2n) is 7.66. The molecule has 2 aromatic rings. The molecule has 0 spiro atoms. The number of rotatable bonds is 5. The molecule has 8 heteroatoms. The molecule has 8 nitrogen and oxygen atoms in total.